The Bertz CT molecular complexity index is 488. The van der Waals surface area contributed by atoms with Gasteiger partial charge in [-0.25, -0.2) is 0 Å². The molecule has 3 rings (SSSR count). The summed E-state index contributed by atoms with van der Waals surface area (Å²) in [7, 11) is 0. The summed E-state index contributed by atoms with van der Waals surface area (Å²) in [6, 6.07) is 13.0. The molecule has 0 atom stereocenters. The molecular formula is C14H14O. The van der Waals surface area contributed by atoms with Crippen molar-refractivity contribution < 1.29 is 4.74 Å². The molecule has 1 heterocycles. The highest BCUT2D eigenvalue weighted by Gasteiger charge is 2.10. The first-order chi connectivity index (χ1) is 7.45. The summed E-state index contributed by atoms with van der Waals surface area (Å²) in [6.45, 7) is 1.67. The average molecular weight is 198 g/mol. The van der Waals surface area contributed by atoms with Gasteiger partial charge in [-0.15, -0.1) is 0 Å². The van der Waals surface area contributed by atoms with E-state index in [1.807, 2.05) is 0 Å². The van der Waals surface area contributed by atoms with Crippen molar-refractivity contribution in [2.24, 2.45) is 0 Å². The van der Waals surface area contributed by atoms with Crippen LogP contribution < -0.4 is 0 Å². The van der Waals surface area contributed by atoms with Crippen molar-refractivity contribution in [2.45, 2.75) is 19.4 Å². The highest BCUT2D eigenvalue weighted by atomic mass is 16.5. The average Bonchev–Trinajstić information content (AvgIpc) is 2.54. The van der Waals surface area contributed by atoms with E-state index in [1.165, 1.54) is 21.9 Å². The van der Waals surface area contributed by atoms with Crippen molar-refractivity contribution in [3.63, 3.8) is 0 Å². The molecule has 0 N–H and O–H groups in total. The van der Waals surface area contributed by atoms with E-state index in [0.717, 1.165) is 26.1 Å². The van der Waals surface area contributed by atoms with Crippen LogP contribution in [0, 0.1) is 0 Å². The Morgan fingerprint density at radius 3 is 2.93 bits per heavy atom. The van der Waals surface area contributed by atoms with Crippen LogP contribution in [0.2, 0.25) is 0 Å². The zero-order chi connectivity index (χ0) is 10.1. The van der Waals surface area contributed by atoms with E-state index < -0.39 is 0 Å². The third-order valence-electron chi connectivity index (χ3n) is 3.11. The normalized spacial score (nSPS) is 16.0. The fourth-order valence-electron chi connectivity index (χ4n) is 2.34. The molecule has 2 aromatic carbocycles. The van der Waals surface area contributed by atoms with Crippen LogP contribution in [0.15, 0.2) is 36.4 Å². The molecule has 1 nitrogen and oxygen atoms in total. The smallest absolute Gasteiger partial charge is 0.0719 e. The number of aryl methyl sites for hydroxylation is 1. The summed E-state index contributed by atoms with van der Waals surface area (Å²) in [4.78, 5) is 0. The van der Waals surface area contributed by atoms with Gasteiger partial charge >= 0.3 is 0 Å². The Labute approximate surface area is 89.7 Å². The summed E-state index contributed by atoms with van der Waals surface area (Å²) in [5, 5.41) is 2.75. The molecule has 0 unspecified atom stereocenters. The molecule has 76 valence electrons. The maximum atomic E-state index is 5.57. The molecule has 0 saturated heterocycles. The van der Waals surface area contributed by atoms with Gasteiger partial charge in [0.25, 0.3) is 0 Å². The standard InChI is InChI=1S/C14H14O/c1-2-5-13-11(4-1)7-8-12-10-15-9-3-6-14(12)13/h1-2,4-5,7-8H,3,6,9-10H2. The predicted molar refractivity (Wildman–Crippen MR) is 61.9 cm³/mol. The molecule has 0 saturated carbocycles. The van der Waals surface area contributed by atoms with Gasteiger partial charge in [-0.3, -0.25) is 0 Å². The molecule has 1 aliphatic rings. The van der Waals surface area contributed by atoms with Crippen LogP contribution in [0.1, 0.15) is 17.5 Å². The van der Waals surface area contributed by atoms with E-state index in [9.17, 15) is 0 Å². The predicted octanol–water partition coefficient (Wildman–Crippen LogP) is 3.30. The minimum atomic E-state index is 0.778. The Morgan fingerprint density at radius 2 is 1.93 bits per heavy atom. The first-order valence-electron chi connectivity index (χ1n) is 5.52. The second-order valence-corrected chi connectivity index (χ2v) is 4.08. The minimum absolute atomic E-state index is 0.778. The van der Waals surface area contributed by atoms with Gasteiger partial charge in [0.2, 0.25) is 0 Å². The SMILES string of the molecule is c1ccc2c3c(ccc2c1)COCCC3. The number of rotatable bonds is 0. The largest absolute Gasteiger partial charge is 0.377 e. The van der Waals surface area contributed by atoms with Gasteiger partial charge in [-0.2, -0.15) is 0 Å². The summed E-state index contributed by atoms with van der Waals surface area (Å²) in [5.41, 5.74) is 2.86. The Hall–Kier alpha value is -1.34. The first kappa shape index (κ1) is 8.93. The fourth-order valence-corrected chi connectivity index (χ4v) is 2.34. The van der Waals surface area contributed by atoms with Crippen molar-refractivity contribution in [2.75, 3.05) is 6.61 Å². The lowest BCUT2D eigenvalue weighted by atomic mass is 9.96. The van der Waals surface area contributed by atoms with Gasteiger partial charge < -0.3 is 4.74 Å². The zero-order valence-electron chi connectivity index (χ0n) is 8.70. The van der Waals surface area contributed by atoms with Crippen LogP contribution in [0.25, 0.3) is 10.8 Å². The van der Waals surface area contributed by atoms with Crippen LogP contribution in [-0.2, 0) is 17.8 Å². The van der Waals surface area contributed by atoms with Crippen LogP contribution in [0.5, 0.6) is 0 Å². The van der Waals surface area contributed by atoms with Crippen LogP contribution in [-0.4, -0.2) is 6.61 Å². The number of fused-ring (bicyclic) bond motifs is 3. The highest BCUT2D eigenvalue weighted by molar-refractivity contribution is 5.86. The minimum Gasteiger partial charge on any atom is -0.377 e. The number of ether oxygens (including phenoxy) is 1. The highest BCUT2D eigenvalue weighted by Crippen LogP contribution is 2.26. The number of hydrogen-bond donors (Lipinski definition) is 0. The lowest BCUT2D eigenvalue weighted by Gasteiger charge is -2.08. The van der Waals surface area contributed by atoms with E-state index >= 15 is 0 Å². The number of benzene rings is 2. The van der Waals surface area contributed by atoms with Gasteiger partial charge in [-0.1, -0.05) is 36.4 Å². The molecule has 0 spiro atoms. The van der Waals surface area contributed by atoms with E-state index in [4.69, 9.17) is 4.74 Å². The topological polar surface area (TPSA) is 9.23 Å². The van der Waals surface area contributed by atoms with Gasteiger partial charge in [0.15, 0.2) is 0 Å². The van der Waals surface area contributed by atoms with Crippen molar-refractivity contribution in [1.82, 2.24) is 0 Å². The molecule has 0 amide bonds. The van der Waals surface area contributed by atoms with Crippen molar-refractivity contribution in [1.29, 1.82) is 0 Å². The third kappa shape index (κ3) is 1.53. The molecule has 2 aromatic rings. The lowest BCUT2D eigenvalue weighted by Crippen LogP contribution is -1.92. The maximum Gasteiger partial charge on any atom is 0.0719 e. The van der Waals surface area contributed by atoms with Gasteiger partial charge in [0.05, 0.1) is 6.61 Å². The molecule has 0 bridgehead atoms. The van der Waals surface area contributed by atoms with Crippen molar-refractivity contribution in [3.8, 4) is 0 Å². The second-order valence-electron chi connectivity index (χ2n) is 4.08. The maximum absolute atomic E-state index is 5.57. The Kier molecular flexibility index (Phi) is 2.18. The molecule has 1 heteroatoms. The molecule has 0 aromatic heterocycles. The Balaban J connectivity index is 2.27. The van der Waals surface area contributed by atoms with Gasteiger partial charge in [-0.05, 0) is 34.7 Å². The fraction of sp³-hybridized carbons (Fsp3) is 0.286. The van der Waals surface area contributed by atoms with E-state index in [1.54, 1.807) is 0 Å². The van der Waals surface area contributed by atoms with E-state index in [2.05, 4.69) is 36.4 Å². The monoisotopic (exact) mass is 198 g/mol. The second kappa shape index (κ2) is 3.67. The van der Waals surface area contributed by atoms with Crippen LogP contribution in [0.4, 0.5) is 0 Å². The van der Waals surface area contributed by atoms with Crippen molar-refractivity contribution >= 4 is 10.8 Å². The number of hydrogen-bond acceptors (Lipinski definition) is 1. The van der Waals surface area contributed by atoms with Crippen LogP contribution in [0.3, 0.4) is 0 Å². The molecule has 0 fully saturated rings. The Morgan fingerprint density at radius 1 is 1.00 bits per heavy atom. The molecule has 1 aliphatic heterocycles. The summed E-state index contributed by atoms with van der Waals surface area (Å²) in [6.07, 6.45) is 2.29. The summed E-state index contributed by atoms with van der Waals surface area (Å²) in [5.74, 6) is 0. The molecule has 0 aliphatic carbocycles. The van der Waals surface area contributed by atoms with Gasteiger partial charge in [0.1, 0.15) is 0 Å². The summed E-state index contributed by atoms with van der Waals surface area (Å²) < 4.78 is 5.57. The van der Waals surface area contributed by atoms with Gasteiger partial charge in [0, 0.05) is 6.61 Å². The first-order valence-corrected chi connectivity index (χ1v) is 5.52. The van der Waals surface area contributed by atoms with Crippen molar-refractivity contribution in [3.05, 3.63) is 47.5 Å². The lowest BCUT2D eigenvalue weighted by molar-refractivity contribution is 0.125. The van der Waals surface area contributed by atoms with Crippen LogP contribution >= 0.6 is 0 Å². The quantitative estimate of drug-likeness (QED) is 0.631. The molecule has 0 radical (unpaired) electrons. The third-order valence-corrected chi connectivity index (χ3v) is 3.11. The van der Waals surface area contributed by atoms with E-state index in [-0.39, 0.29) is 0 Å². The summed E-state index contributed by atoms with van der Waals surface area (Å²) >= 11 is 0. The van der Waals surface area contributed by atoms with E-state index in [0.29, 0.717) is 0 Å². The molecule has 15 heavy (non-hydrogen) atoms. The molecular weight excluding hydrogens is 184 g/mol. The zero-order valence-corrected chi connectivity index (χ0v) is 8.70.